The van der Waals surface area contributed by atoms with E-state index >= 15 is 0 Å². The Kier molecular flexibility index (Phi) is 5.91. The SMILES string of the molecule is CCNC(=NCc1csc(N(C)C)n1)NCC1CN2CCN1CC2. The Hall–Kier alpha value is -1.38. The summed E-state index contributed by atoms with van der Waals surface area (Å²) in [6.07, 6.45) is 0. The molecule has 24 heavy (non-hydrogen) atoms. The van der Waals surface area contributed by atoms with Gasteiger partial charge in [-0.15, -0.1) is 11.3 Å². The molecule has 0 saturated carbocycles. The Morgan fingerprint density at radius 3 is 2.71 bits per heavy atom. The third kappa shape index (κ3) is 4.37. The number of fused-ring (bicyclic) bond motifs is 3. The van der Waals surface area contributed by atoms with Gasteiger partial charge in [0.25, 0.3) is 0 Å². The number of nitrogens with zero attached hydrogens (tertiary/aromatic N) is 5. The molecule has 4 heterocycles. The van der Waals surface area contributed by atoms with E-state index < -0.39 is 0 Å². The van der Waals surface area contributed by atoms with Gasteiger partial charge in [-0.25, -0.2) is 9.98 Å². The molecule has 0 aliphatic carbocycles. The molecule has 0 spiro atoms. The van der Waals surface area contributed by atoms with Gasteiger partial charge in [0.1, 0.15) is 0 Å². The van der Waals surface area contributed by atoms with Crippen LogP contribution in [0.15, 0.2) is 10.4 Å². The number of hydrogen-bond acceptors (Lipinski definition) is 6. The molecule has 1 atom stereocenters. The standard InChI is InChI=1S/C16H29N7S/c1-4-17-15(18-9-13-12-24-16(20-13)21(2)3)19-10-14-11-22-5-7-23(14)8-6-22/h12,14H,4-11H2,1-3H3,(H2,17,18,19). The Bertz CT molecular complexity index is 548. The predicted molar refractivity (Wildman–Crippen MR) is 101 cm³/mol. The topological polar surface area (TPSA) is 59.0 Å². The summed E-state index contributed by atoms with van der Waals surface area (Å²) < 4.78 is 0. The van der Waals surface area contributed by atoms with Crippen LogP contribution in [0.3, 0.4) is 0 Å². The maximum absolute atomic E-state index is 4.69. The lowest BCUT2D eigenvalue weighted by Crippen LogP contribution is -2.63. The number of piperazine rings is 3. The fourth-order valence-corrected chi connectivity index (χ4v) is 3.96. The van der Waals surface area contributed by atoms with Gasteiger partial charge in [-0.05, 0) is 6.92 Å². The van der Waals surface area contributed by atoms with E-state index in [1.807, 2.05) is 19.0 Å². The minimum Gasteiger partial charge on any atom is -0.357 e. The summed E-state index contributed by atoms with van der Waals surface area (Å²) in [4.78, 5) is 16.5. The molecule has 8 heteroatoms. The molecule has 3 saturated heterocycles. The highest BCUT2D eigenvalue weighted by molar-refractivity contribution is 7.13. The van der Waals surface area contributed by atoms with E-state index in [9.17, 15) is 0 Å². The molecule has 0 aromatic carbocycles. The van der Waals surface area contributed by atoms with Crippen LogP contribution < -0.4 is 15.5 Å². The number of anilines is 1. The Morgan fingerprint density at radius 2 is 2.12 bits per heavy atom. The molecule has 2 bridgehead atoms. The van der Waals surface area contributed by atoms with Gasteiger partial charge in [-0.1, -0.05) is 0 Å². The molecule has 4 rings (SSSR count). The fraction of sp³-hybridized carbons (Fsp3) is 0.750. The van der Waals surface area contributed by atoms with Gasteiger partial charge in [0.2, 0.25) is 0 Å². The maximum Gasteiger partial charge on any atom is 0.191 e. The van der Waals surface area contributed by atoms with Crippen molar-refractivity contribution in [1.82, 2.24) is 25.4 Å². The van der Waals surface area contributed by atoms with Gasteiger partial charge < -0.3 is 15.5 Å². The van der Waals surface area contributed by atoms with E-state index in [0.717, 1.165) is 29.9 Å². The summed E-state index contributed by atoms with van der Waals surface area (Å²) >= 11 is 1.66. The minimum absolute atomic E-state index is 0.593. The van der Waals surface area contributed by atoms with E-state index in [-0.39, 0.29) is 0 Å². The number of hydrogen-bond donors (Lipinski definition) is 2. The highest BCUT2D eigenvalue weighted by Gasteiger charge is 2.31. The molecule has 3 aliphatic heterocycles. The van der Waals surface area contributed by atoms with Gasteiger partial charge in [-0.3, -0.25) is 9.80 Å². The molecular formula is C16H29N7S. The first-order valence-corrected chi connectivity index (χ1v) is 9.64. The average molecular weight is 352 g/mol. The van der Waals surface area contributed by atoms with Crippen molar-refractivity contribution in [2.75, 3.05) is 64.8 Å². The quantitative estimate of drug-likeness (QED) is 0.567. The van der Waals surface area contributed by atoms with E-state index in [4.69, 9.17) is 4.99 Å². The second kappa shape index (κ2) is 8.13. The van der Waals surface area contributed by atoms with Gasteiger partial charge in [-0.2, -0.15) is 0 Å². The minimum atomic E-state index is 0.593. The third-order valence-corrected chi connectivity index (χ3v) is 5.62. The van der Waals surface area contributed by atoms with Crippen LogP contribution in [0.25, 0.3) is 0 Å². The van der Waals surface area contributed by atoms with Crippen molar-refractivity contribution < 1.29 is 0 Å². The molecule has 1 unspecified atom stereocenters. The van der Waals surface area contributed by atoms with E-state index in [0.29, 0.717) is 12.6 Å². The van der Waals surface area contributed by atoms with E-state index in [2.05, 4.69) is 37.7 Å². The number of nitrogens with one attached hydrogen (secondary N) is 2. The molecule has 7 nitrogen and oxygen atoms in total. The van der Waals surface area contributed by atoms with Crippen molar-refractivity contribution >= 4 is 22.4 Å². The van der Waals surface area contributed by atoms with Crippen molar-refractivity contribution in [3.63, 3.8) is 0 Å². The van der Waals surface area contributed by atoms with Crippen molar-refractivity contribution in [2.45, 2.75) is 19.5 Å². The normalized spacial score (nSPS) is 26.5. The predicted octanol–water partition coefficient (Wildman–Crippen LogP) is 0.264. The summed E-state index contributed by atoms with van der Waals surface area (Å²) in [6.45, 7) is 10.5. The molecule has 134 valence electrons. The van der Waals surface area contributed by atoms with Gasteiger partial charge >= 0.3 is 0 Å². The molecule has 1 aromatic heterocycles. The highest BCUT2D eigenvalue weighted by Crippen LogP contribution is 2.18. The lowest BCUT2D eigenvalue weighted by molar-refractivity contribution is 0.0154. The smallest absolute Gasteiger partial charge is 0.191 e. The first-order chi connectivity index (χ1) is 11.7. The van der Waals surface area contributed by atoms with Crippen LogP contribution >= 0.6 is 11.3 Å². The van der Waals surface area contributed by atoms with Crippen LogP contribution in [0.5, 0.6) is 0 Å². The first kappa shape index (κ1) is 17.4. The zero-order valence-corrected chi connectivity index (χ0v) is 15.8. The molecule has 2 N–H and O–H groups in total. The number of aromatic nitrogens is 1. The lowest BCUT2D eigenvalue weighted by Gasteiger charge is -2.47. The molecule has 3 fully saturated rings. The highest BCUT2D eigenvalue weighted by atomic mass is 32.1. The fourth-order valence-electron chi connectivity index (χ4n) is 3.21. The van der Waals surface area contributed by atoms with Crippen molar-refractivity contribution in [2.24, 2.45) is 4.99 Å². The second-order valence-electron chi connectivity index (χ2n) is 6.58. The summed E-state index contributed by atoms with van der Waals surface area (Å²) in [6, 6.07) is 0.593. The van der Waals surface area contributed by atoms with Crippen LogP contribution in [0.2, 0.25) is 0 Å². The monoisotopic (exact) mass is 351 g/mol. The largest absolute Gasteiger partial charge is 0.357 e. The van der Waals surface area contributed by atoms with Crippen molar-refractivity contribution in [1.29, 1.82) is 0 Å². The van der Waals surface area contributed by atoms with Crippen LogP contribution in [-0.4, -0.2) is 86.7 Å². The maximum atomic E-state index is 4.69. The first-order valence-electron chi connectivity index (χ1n) is 8.76. The van der Waals surface area contributed by atoms with Crippen LogP contribution in [0, 0.1) is 0 Å². The Balaban J connectivity index is 1.53. The van der Waals surface area contributed by atoms with Crippen molar-refractivity contribution in [3.05, 3.63) is 11.1 Å². The van der Waals surface area contributed by atoms with E-state index in [1.165, 1.54) is 32.7 Å². The van der Waals surface area contributed by atoms with Crippen LogP contribution in [0.1, 0.15) is 12.6 Å². The van der Waals surface area contributed by atoms with Crippen LogP contribution in [0.4, 0.5) is 5.13 Å². The van der Waals surface area contributed by atoms with Crippen LogP contribution in [-0.2, 0) is 6.54 Å². The lowest BCUT2D eigenvalue weighted by atomic mass is 10.1. The summed E-state index contributed by atoms with van der Waals surface area (Å²) in [5, 5.41) is 9.96. The summed E-state index contributed by atoms with van der Waals surface area (Å²) in [7, 11) is 4.03. The second-order valence-corrected chi connectivity index (χ2v) is 7.42. The number of aliphatic imine (C=N–C) groups is 1. The van der Waals surface area contributed by atoms with Gasteiger partial charge in [0.05, 0.1) is 12.2 Å². The average Bonchev–Trinajstić information content (AvgIpc) is 3.08. The molecule has 1 aromatic rings. The number of thiazole rings is 1. The Morgan fingerprint density at radius 1 is 1.33 bits per heavy atom. The summed E-state index contributed by atoms with van der Waals surface area (Å²) in [5.41, 5.74) is 1.02. The Labute approximate surface area is 148 Å². The molecular weight excluding hydrogens is 322 g/mol. The van der Waals surface area contributed by atoms with Crippen molar-refractivity contribution in [3.8, 4) is 0 Å². The summed E-state index contributed by atoms with van der Waals surface area (Å²) in [5.74, 6) is 0.884. The molecule has 0 radical (unpaired) electrons. The van der Waals surface area contributed by atoms with Gasteiger partial charge in [0.15, 0.2) is 11.1 Å². The zero-order valence-electron chi connectivity index (χ0n) is 15.0. The number of guanidine groups is 1. The number of rotatable bonds is 6. The zero-order chi connectivity index (χ0) is 16.9. The third-order valence-electron chi connectivity index (χ3n) is 4.56. The van der Waals surface area contributed by atoms with Gasteiger partial charge in [0, 0.05) is 71.3 Å². The molecule has 3 aliphatic rings. The molecule has 0 amide bonds. The van der Waals surface area contributed by atoms with E-state index in [1.54, 1.807) is 11.3 Å².